The minimum absolute atomic E-state index is 0.0915. The average molecular weight is 459 g/mol. The molecule has 0 amide bonds. The fourth-order valence-corrected chi connectivity index (χ4v) is 1.91. The summed E-state index contributed by atoms with van der Waals surface area (Å²) in [7, 11) is 0. The van der Waals surface area contributed by atoms with Crippen LogP contribution < -0.4 is 4.74 Å². The molecule has 1 aromatic rings. The minimum Gasteiger partial charge on any atom is -0.485 e. The van der Waals surface area contributed by atoms with E-state index in [4.69, 9.17) is 18.9 Å². The summed E-state index contributed by atoms with van der Waals surface area (Å²) in [5.41, 5.74) is -0.901. The van der Waals surface area contributed by atoms with Crippen LogP contribution in [0.15, 0.2) is 6.58 Å². The molecule has 27 heavy (non-hydrogen) atoms. The number of alkyl halides is 1. The Kier molecular flexibility index (Phi) is 10.3. The summed E-state index contributed by atoms with van der Waals surface area (Å²) >= 11 is 3.06. The maximum Gasteiger partial charge on any atom is 0.319 e. The summed E-state index contributed by atoms with van der Waals surface area (Å²) in [4.78, 5) is 10.7. The fraction of sp³-hybridized carbons (Fsp3) is 0.471. The van der Waals surface area contributed by atoms with Crippen LogP contribution in [0, 0.1) is 23.3 Å². The van der Waals surface area contributed by atoms with Crippen molar-refractivity contribution < 1.29 is 41.3 Å². The van der Waals surface area contributed by atoms with Crippen molar-refractivity contribution in [1.82, 2.24) is 0 Å². The van der Waals surface area contributed by atoms with Gasteiger partial charge in [0.15, 0.2) is 17.4 Å². The molecule has 0 N–H and O–H groups in total. The first-order valence-corrected chi connectivity index (χ1v) is 8.80. The molecule has 0 heterocycles. The zero-order valence-corrected chi connectivity index (χ0v) is 16.1. The number of carbonyl (C=O) groups is 1. The summed E-state index contributed by atoms with van der Waals surface area (Å²) in [6.07, 6.45) is 0.672. The Labute approximate surface area is 162 Å². The van der Waals surface area contributed by atoms with Crippen LogP contribution in [0.25, 0.3) is 6.08 Å². The van der Waals surface area contributed by atoms with Gasteiger partial charge in [0.05, 0.1) is 32.0 Å². The molecule has 0 saturated carbocycles. The Hall–Kier alpha value is -1.65. The van der Waals surface area contributed by atoms with E-state index >= 15 is 0 Å². The van der Waals surface area contributed by atoms with Gasteiger partial charge in [-0.05, 0) is 6.92 Å². The quantitative estimate of drug-likeness (QED) is 0.157. The largest absolute Gasteiger partial charge is 0.485 e. The molecule has 1 rings (SSSR count). The van der Waals surface area contributed by atoms with E-state index in [1.54, 1.807) is 6.92 Å². The number of esters is 1. The van der Waals surface area contributed by atoms with Crippen LogP contribution in [-0.4, -0.2) is 50.4 Å². The number of hydrogen-bond donors (Lipinski definition) is 0. The van der Waals surface area contributed by atoms with Gasteiger partial charge in [0, 0.05) is 0 Å². The highest BCUT2D eigenvalue weighted by molar-refractivity contribution is 9.10. The van der Waals surface area contributed by atoms with Crippen LogP contribution in [0.1, 0.15) is 12.5 Å². The number of halogens is 5. The Bertz CT molecular complexity index is 626. The van der Waals surface area contributed by atoms with Crippen LogP contribution in [0.3, 0.4) is 0 Å². The van der Waals surface area contributed by atoms with Gasteiger partial charge in [0.1, 0.15) is 18.0 Å². The van der Waals surface area contributed by atoms with E-state index < -0.39 is 45.4 Å². The Morgan fingerprint density at radius 1 is 0.963 bits per heavy atom. The van der Waals surface area contributed by atoms with Crippen molar-refractivity contribution in [2.75, 3.05) is 39.6 Å². The summed E-state index contributed by atoms with van der Waals surface area (Å²) in [6.45, 7) is 4.88. The van der Waals surface area contributed by atoms with Gasteiger partial charge in [-0.2, -0.15) is 8.78 Å². The average Bonchev–Trinajstić information content (AvgIpc) is 2.64. The minimum atomic E-state index is -1.64. The molecule has 0 aliphatic heterocycles. The van der Waals surface area contributed by atoms with Gasteiger partial charge in [-0.3, -0.25) is 4.79 Å². The summed E-state index contributed by atoms with van der Waals surface area (Å²) in [5, 5.41) is 0. The molecular formula is C17H19BrF4O5. The van der Waals surface area contributed by atoms with E-state index in [-0.39, 0.29) is 39.6 Å². The predicted molar refractivity (Wildman–Crippen MR) is 92.8 cm³/mol. The normalized spacial score (nSPS) is 11.9. The Morgan fingerprint density at radius 3 is 1.93 bits per heavy atom. The molecule has 152 valence electrons. The molecule has 5 nitrogen and oxygen atoms in total. The van der Waals surface area contributed by atoms with Gasteiger partial charge >= 0.3 is 5.97 Å². The second kappa shape index (κ2) is 11.9. The topological polar surface area (TPSA) is 54.0 Å². The van der Waals surface area contributed by atoms with E-state index in [1.165, 1.54) is 0 Å². The summed E-state index contributed by atoms with van der Waals surface area (Å²) < 4.78 is 74.3. The van der Waals surface area contributed by atoms with Crippen LogP contribution in [0.2, 0.25) is 0 Å². The maximum absolute atomic E-state index is 13.7. The highest BCUT2D eigenvalue weighted by atomic mass is 79.9. The molecule has 1 atom stereocenters. The Balaban J connectivity index is 2.24. The van der Waals surface area contributed by atoms with Gasteiger partial charge in [-0.15, -0.1) is 0 Å². The lowest BCUT2D eigenvalue weighted by molar-refractivity contribution is -0.144. The lowest BCUT2D eigenvalue weighted by Crippen LogP contribution is -2.18. The van der Waals surface area contributed by atoms with Gasteiger partial charge < -0.3 is 18.9 Å². The maximum atomic E-state index is 13.7. The zero-order chi connectivity index (χ0) is 20.4. The predicted octanol–water partition coefficient (Wildman–Crippen LogP) is 3.62. The fourth-order valence-electron chi connectivity index (χ4n) is 1.78. The van der Waals surface area contributed by atoms with Crippen molar-refractivity contribution in [1.29, 1.82) is 0 Å². The Morgan fingerprint density at radius 2 is 1.44 bits per heavy atom. The molecule has 0 spiro atoms. The molecular weight excluding hydrogens is 440 g/mol. The standard InChI is InChI=1S/C17H19BrF4O5/c1-3-11-12(19)14(21)16(15(22)13(11)20)26-8-6-24-4-5-25-7-9-27-17(23)10(2)18/h3,10H,1,4-9H2,2H3. The van der Waals surface area contributed by atoms with Crippen molar-refractivity contribution >= 4 is 28.0 Å². The zero-order valence-electron chi connectivity index (χ0n) is 14.5. The third-order valence-corrected chi connectivity index (χ3v) is 3.48. The van der Waals surface area contributed by atoms with Crippen molar-refractivity contribution in [3.8, 4) is 5.75 Å². The van der Waals surface area contributed by atoms with E-state index in [0.29, 0.717) is 6.08 Å². The number of hydrogen-bond acceptors (Lipinski definition) is 5. The highest BCUT2D eigenvalue weighted by Gasteiger charge is 2.25. The number of ether oxygens (including phenoxy) is 4. The second-order valence-corrected chi connectivity index (χ2v) is 6.43. The van der Waals surface area contributed by atoms with Gasteiger partial charge in [0.2, 0.25) is 11.6 Å². The molecule has 0 saturated heterocycles. The number of benzene rings is 1. The molecule has 0 radical (unpaired) electrons. The van der Waals surface area contributed by atoms with Crippen LogP contribution in [0.4, 0.5) is 17.6 Å². The lowest BCUT2D eigenvalue weighted by Gasteiger charge is -2.12. The first-order valence-electron chi connectivity index (χ1n) is 7.88. The molecule has 10 heteroatoms. The van der Waals surface area contributed by atoms with Crippen LogP contribution in [-0.2, 0) is 19.0 Å². The third-order valence-electron chi connectivity index (χ3n) is 3.10. The highest BCUT2D eigenvalue weighted by Crippen LogP contribution is 2.30. The van der Waals surface area contributed by atoms with Crippen molar-refractivity contribution in [2.45, 2.75) is 11.8 Å². The molecule has 1 aromatic carbocycles. The first-order chi connectivity index (χ1) is 12.8. The number of carbonyl (C=O) groups excluding carboxylic acids is 1. The molecule has 0 aliphatic rings. The SMILES string of the molecule is C=Cc1c(F)c(F)c(OCCOCCOCCOC(=O)C(C)Br)c(F)c1F. The smallest absolute Gasteiger partial charge is 0.319 e. The summed E-state index contributed by atoms with van der Waals surface area (Å²) in [6, 6.07) is 0. The van der Waals surface area contributed by atoms with Gasteiger partial charge in [-0.25, -0.2) is 8.78 Å². The van der Waals surface area contributed by atoms with E-state index in [1.807, 2.05) is 0 Å². The lowest BCUT2D eigenvalue weighted by atomic mass is 10.1. The van der Waals surface area contributed by atoms with Crippen molar-refractivity contribution in [2.24, 2.45) is 0 Å². The molecule has 0 aliphatic carbocycles. The summed E-state index contributed by atoms with van der Waals surface area (Å²) in [5.74, 6) is -8.00. The van der Waals surface area contributed by atoms with Crippen molar-refractivity contribution in [3.05, 3.63) is 35.4 Å². The van der Waals surface area contributed by atoms with Gasteiger partial charge in [0.25, 0.3) is 0 Å². The van der Waals surface area contributed by atoms with Crippen LogP contribution >= 0.6 is 15.9 Å². The molecule has 1 unspecified atom stereocenters. The van der Waals surface area contributed by atoms with Crippen molar-refractivity contribution in [3.63, 3.8) is 0 Å². The third kappa shape index (κ3) is 7.11. The van der Waals surface area contributed by atoms with E-state index in [0.717, 1.165) is 0 Å². The monoisotopic (exact) mass is 458 g/mol. The van der Waals surface area contributed by atoms with Gasteiger partial charge in [-0.1, -0.05) is 28.6 Å². The number of rotatable bonds is 12. The second-order valence-electron chi connectivity index (χ2n) is 5.06. The molecule has 0 aromatic heterocycles. The molecule has 0 bridgehead atoms. The first kappa shape index (κ1) is 23.4. The van der Waals surface area contributed by atoms with E-state index in [9.17, 15) is 22.4 Å². The molecule has 0 fully saturated rings. The van der Waals surface area contributed by atoms with Crippen LogP contribution in [0.5, 0.6) is 5.75 Å². The van der Waals surface area contributed by atoms with E-state index in [2.05, 4.69) is 22.5 Å².